The number of imidazole rings is 1. The summed E-state index contributed by atoms with van der Waals surface area (Å²) in [6, 6.07) is 0.261. The van der Waals surface area contributed by atoms with E-state index in [9.17, 15) is 9.59 Å². The van der Waals surface area contributed by atoms with Gasteiger partial charge in [-0.3, -0.25) is 14.5 Å². The second-order valence-corrected chi connectivity index (χ2v) is 4.87. The molecule has 0 aromatic carbocycles. The second kappa shape index (κ2) is 6.44. The van der Waals surface area contributed by atoms with Crippen LogP contribution in [-0.4, -0.2) is 38.6 Å². The molecular formula is C13H21N3O2. The summed E-state index contributed by atoms with van der Waals surface area (Å²) in [6.07, 6.45) is 3.48. The zero-order valence-corrected chi connectivity index (χ0v) is 11.5. The Morgan fingerprint density at radius 3 is 2.50 bits per heavy atom. The van der Waals surface area contributed by atoms with Crippen molar-refractivity contribution in [2.75, 3.05) is 6.54 Å². The minimum absolute atomic E-state index is 0.0944. The van der Waals surface area contributed by atoms with Crippen LogP contribution in [0.5, 0.6) is 0 Å². The van der Waals surface area contributed by atoms with Crippen LogP contribution in [0, 0.1) is 0 Å². The molecule has 0 unspecified atom stereocenters. The summed E-state index contributed by atoms with van der Waals surface area (Å²) in [5.74, 6) is 1.05. The summed E-state index contributed by atoms with van der Waals surface area (Å²) in [5, 5.41) is 0. The van der Waals surface area contributed by atoms with Crippen molar-refractivity contribution in [1.29, 1.82) is 0 Å². The third-order valence-electron chi connectivity index (χ3n) is 2.70. The summed E-state index contributed by atoms with van der Waals surface area (Å²) in [6.45, 7) is 8.54. The molecule has 5 nitrogen and oxygen atoms in total. The first-order valence-corrected chi connectivity index (χ1v) is 6.13. The third kappa shape index (κ3) is 4.41. The topological polar surface area (TPSA) is 55.2 Å². The highest BCUT2D eigenvalue weighted by Gasteiger charge is 2.15. The molecule has 0 bridgehead atoms. The van der Waals surface area contributed by atoms with Crippen molar-refractivity contribution in [2.45, 2.75) is 46.8 Å². The molecule has 0 saturated carbocycles. The molecule has 1 aromatic rings. The Balaban J connectivity index is 2.77. The molecule has 0 radical (unpaired) electrons. The van der Waals surface area contributed by atoms with Gasteiger partial charge in [0.1, 0.15) is 17.4 Å². The average Bonchev–Trinajstić information content (AvgIpc) is 2.63. The van der Waals surface area contributed by atoms with Crippen LogP contribution in [0.15, 0.2) is 12.4 Å². The third-order valence-corrected chi connectivity index (χ3v) is 2.70. The van der Waals surface area contributed by atoms with E-state index >= 15 is 0 Å². The molecule has 0 aliphatic rings. The van der Waals surface area contributed by atoms with E-state index in [0.717, 1.165) is 5.82 Å². The number of hydrogen-bond donors (Lipinski definition) is 0. The van der Waals surface area contributed by atoms with Crippen LogP contribution >= 0.6 is 0 Å². The van der Waals surface area contributed by atoms with Gasteiger partial charge in [-0.2, -0.15) is 0 Å². The summed E-state index contributed by atoms with van der Waals surface area (Å²) in [5.41, 5.74) is 0. The monoisotopic (exact) mass is 251 g/mol. The molecule has 0 saturated heterocycles. The second-order valence-electron chi connectivity index (χ2n) is 4.87. The van der Waals surface area contributed by atoms with Gasteiger partial charge in [-0.15, -0.1) is 0 Å². The first-order chi connectivity index (χ1) is 8.40. The summed E-state index contributed by atoms with van der Waals surface area (Å²) in [4.78, 5) is 28.7. The molecule has 1 heterocycles. The van der Waals surface area contributed by atoms with E-state index in [0.29, 0.717) is 19.6 Å². The molecule has 0 aliphatic carbocycles. The molecule has 0 aliphatic heterocycles. The predicted octanol–water partition coefficient (Wildman–Crippen LogP) is 1.27. The maximum atomic E-state index is 11.2. The lowest BCUT2D eigenvalue weighted by Gasteiger charge is -2.25. The molecular weight excluding hydrogens is 230 g/mol. The lowest BCUT2D eigenvalue weighted by Crippen LogP contribution is -2.35. The molecule has 0 fully saturated rings. The molecule has 0 atom stereocenters. The van der Waals surface area contributed by atoms with E-state index in [1.165, 1.54) is 0 Å². The Morgan fingerprint density at radius 2 is 2.00 bits per heavy atom. The normalized spacial score (nSPS) is 11.2. The number of nitrogens with zero attached hydrogens (tertiary/aromatic N) is 3. The van der Waals surface area contributed by atoms with Gasteiger partial charge in [-0.25, -0.2) is 4.98 Å². The maximum Gasteiger partial charge on any atom is 0.149 e. The fraction of sp³-hybridized carbons (Fsp3) is 0.615. The van der Waals surface area contributed by atoms with Crippen LogP contribution < -0.4 is 0 Å². The first-order valence-electron chi connectivity index (χ1n) is 6.13. The highest BCUT2D eigenvalue weighted by atomic mass is 16.1. The Kier molecular flexibility index (Phi) is 5.22. The Hall–Kier alpha value is -1.49. The number of carbonyl (C=O) groups is 2. The molecule has 18 heavy (non-hydrogen) atoms. The minimum atomic E-state index is 0.0944. The van der Waals surface area contributed by atoms with Crippen LogP contribution in [0.1, 0.15) is 33.5 Å². The summed E-state index contributed by atoms with van der Waals surface area (Å²) >= 11 is 0. The van der Waals surface area contributed by atoms with Crippen molar-refractivity contribution in [3.8, 4) is 0 Å². The largest absolute Gasteiger partial charge is 0.326 e. The highest BCUT2D eigenvalue weighted by molar-refractivity contribution is 5.77. The summed E-state index contributed by atoms with van der Waals surface area (Å²) in [7, 11) is 0. The molecule has 0 spiro atoms. The van der Waals surface area contributed by atoms with E-state index < -0.39 is 0 Å². The van der Waals surface area contributed by atoms with Crippen LogP contribution in [0.4, 0.5) is 0 Å². The van der Waals surface area contributed by atoms with E-state index in [1.54, 1.807) is 26.2 Å². The zero-order chi connectivity index (χ0) is 13.7. The predicted molar refractivity (Wildman–Crippen MR) is 69.1 cm³/mol. The number of hydrogen-bond acceptors (Lipinski definition) is 4. The van der Waals surface area contributed by atoms with Gasteiger partial charge in [0.15, 0.2) is 0 Å². The average molecular weight is 251 g/mol. The number of carbonyl (C=O) groups excluding carboxylic acids is 2. The number of rotatable bonds is 7. The molecule has 1 rings (SSSR count). The molecule has 100 valence electrons. The Morgan fingerprint density at radius 1 is 1.33 bits per heavy atom. The first kappa shape index (κ1) is 14.6. The van der Waals surface area contributed by atoms with E-state index in [4.69, 9.17) is 0 Å². The standard InChI is InChI=1S/C13H21N3O2/c1-10(2)16(8-12(4)18)9-13-14-5-6-15(13)7-11(3)17/h5-6,10H,7-9H2,1-4H3. The van der Waals surface area contributed by atoms with Crippen molar-refractivity contribution >= 4 is 11.6 Å². The maximum absolute atomic E-state index is 11.2. The smallest absolute Gasteiger partial charge is 0.149 e. The van der Waals surface area contributed by atoms with Gasteiger partial charge in [0.05, 0.1) is 19.6 Å². The fourth-order valence-corrected chi connectivity index (χ4v) is 1.76. The van der Waals surface area contributed by atoms with Gasteiger partial charge < -0.3 is 4.57 Å². The number of ketones is 2. The fourth-order valence-electron chi connectivity index (χ4n) is 1.76. The van der Waals surface area contributed by atoms with Crippen LogP contribution in [0.25, 0.3) is 0 Å². The Labute approximate surface area is 108 Å². The van der Waals surface area contributed by atoms with E-state index in [1.807, 2.05) is 23.3 Å². The van der Waals surface area contributed by atoms with Crippen molar-refractivity contribution in [3.05, 3.63) is 18.2 Å². The number of aromatic nitrogens is 2. The highest BCUT2D eigenvalue weighted by Crippen LogP contribution is 2.07. The number of Topliss-reactive ketones (excluding diaryl/α,β-unsaturated/α-hetero) is 2. The van der Waals surface area contributed by atoms with Gasteiger partial charge in [-0.1, -0.05) is 0 Å². The SMILES string of the molecule is CC(=O)CN(Cc1nccn1CC(C)=O)C(C)C. The molecule has 5 heteroatoms. The van der Waals surface area contributed by atoms with Crippen molar-refractivity contribution < 1.29 is 9.59 Å². The quantitative estimate of drug-likeness (QED) is 0.732. The van der Waals surface area contributed by atoms with E-state index in [2.05, 4.69) is 4.98 Å². The lowest BCUT2D eigenvalue weighted by molar-refractivity contribution is -0.119. The van der Waals surface area contributed by atoms with Crippen molar-refractivity contribution in [3.63, 3.8) is 0 Å². The van der Waals surface area contributed by atoms with Crippen molar-refractivity contribution in [2.24, 2.45) is 0 Å². The Bertz CT molecular complexity index is 424. The van der Waals surface area contributed by atoms with Gasteiger partial charge >= 0.3 is 0 Å². The molecule has 0 amide bonds. The molecule has 0 N–H and O–H groups in total. The lowest BCUT2D eigenvalue weighted by atomic mass is 10.2. The molecule has 1 aromatic heterocycles. The van der Waals surface area contributed by atoms with Crippen molar-refractivity contribution in [1.82, 2.24) is 14.5 Å². The van der Waals surface area contributed by atoms with Gasteiger partial charge in [0.25, 0.3) is 0 Å². The minimum Gasteiger partial charge on any atom is -0.326 e. The zero-order valence-electron chi connectivity index (χ0n) is 11.5. The van der Waals surface area contributed by atoms with Crippen LogP contribution in [0.2, 0.25) is 0 Å². The van der Waals surface area contributed by atoms with Crippen LogP contribution in [-0.2, 0) is 22.7 Å². The van der Waals surface area contributed by atoms with Gasteiger partial charge in [-0.05, 0) is 27.7 Å². The van der Waals surface area contributed by atoms with Crippen LogP contribution in [0.3, 0.4) is 0 Å². The van der Waals surface area contributed by atoms with Gasteiger partial charge in [0, 0.05) is 18.4 Å². The van der Waals surface area contributed by atoms with Gasteiger partial charge in [0.2, 0.25) is 0 Å². The van der Waals surface area contributed by atoms with E-state index in [-0.39, 0.29) is 17.6 Å². The summed E-state index contributed by atoms with van der Waals surface area (Å²) < 4.78 is 1.83.